The molecule has 6 nitrogen and oxygen atoms in total. The molecule has 1 atom stereocenters. The summed E-state index contributed by atoms with van der Waals surface area (Å²) < 4.78 is 5.96. The average molecular weight is 478 g/mol. The summed E-state index contributed by atoms with van der Waals surface area (Å²) in [6.45, 7) is 6.58. The van der Waals surface area contributed by atoms with Crippen LogP contribution in [0.5, 0.6) is 0 Å². The Balaban J connectivity index is 1.86. The smallest absolute Gasteiger partial charge is 0.426 e. The van der Waals surface area contributed by atoms with E-state index in [1.54, 1.807) is 11.8 Å². The average Bonchev–Trinajstić information content (AvgIpc) is 3.32. The number of carboxylic acid groups (broad SMARTS) is 1. The van der Waals surface area contributed by atoms with Gasteiger partial charge in [0.2, 0.25) is 0 Å². The highest BCUT2D eigenvalue weighted by atomic mass is 79.9. The van der Waals surface area contributed by atoms with Crippen LogP contribution in [-0.2, 0) is 4.74 Å². The van der Waals surface area contributed by atoms with E-state index in [4.69, 9.17) is 4.74 Å². The van der Waals surface area contributed by atoms with Crippen LogP contribution in [0.4, 0.5) is 4.79 Å². The maximum absolute atomic E-state index is 12.1. The van der Waals surface area contributed by atoms with E-state index >= 15 is 0 Å². The number of fused-ring (bicyclic) bond motifs is 1. The van der Waals surface area contributed by atoms with Crippen LogP contribution in [-0.4, -0.2) is 57.1 Å². The number of hydrogen-bond acceptors (Lipinski definition) is 4. The lowest BCUT2D eigenvalue weighted by atomic mass is 9.87. The van der Waals surface area contributed by atoms with Crippen molar-refractivity contribution in [2.24, 2.45) is 0 Å². The van der Waals surface area contributed by atoms with Crippen LogP contribution in [0.3, 0.4) is 0 Å². The van der Waals surface area contributed by atoms with Crippen molar-refractivity contribution in [3.8, 4) is 0 Å². The number of carbonyl (C=O) groups is 1. The Morgan fingerprint density at radius 2 is 2.10 bits per heavy atom. The zero-order chi connectivity index (χ0) is 21.3. The molecule has 1 saturated heterocycles. The Morgan fingerprint density at radius 1 is 1.27 bits per heavy atom. The minimum atomic E-state index is -0.912. The summed E-state index contributed by atoms with van der Waals surface area (Å²) >= 11 is 3.49. The molecule has 4 rings (SSSR count). The zero-order valence-corrected chi connectivity index (χ0v) is 19.6. The number of nitrogens with zero attached hydrogens (tertiary/aromatic N) is 3. The van der Waals surface area contributed by atoms with E-state index in [1.807, 2.05) is 11.3 Å². The zero-order valence-electron chi connectivity index (χ0n) is 18.0. The van der Waals surface area contributed by atoms with E-state index in [0.29, 0.717) is 19.1 Å². The molecule has 1 fully saturated rings. The largest absolute Gasteiger partial charge is 0.470 e. The number of ether oxygens (including phenoxy) is 1. The predicted octanol–water partition coefficient (Wildman–Crippen LogP) is 5.37. The summed E-state index contributed by atoms with van der Waals surface area (Å²) in [6, 6.07) is 0.407. The van der Waals surface area contributed by atoms with Crippen LogP contribution in [0.25, 0.3) is 0 Å². The third-order valence-electron chi connectivity index (χ3n) is 6.70. The van der Waals surface area contributed by atoms with Crippen molar-refractivity contribution in [3.05, 3.63) is 46.2 Å². The van der Waals surface area contributed by atoms with Crippen LogP contribution in [0.15, 0.2) is 46.2 Å². The number of halogens is 1. The van der Waals surface area contributed by atoms with Gasteiger partial charge < -0.3 is 14.7 Å². The van der Waals surface area contributed by atoms with Gasteiger partial charge in [-0.2, -0.15) is 0 Å². The van der Waals surface area contributed by atoms with Crippen molar-refractivity contribution in [2.75, 3.05) is 25.0 Å². The third kappa shape index (κ3) is 3.88. The fourth-order valence-electron chi connectivity index (χ4n) is 5.22. The quantitative estimate of drug-likeness (QED) is 0.551. The minimum absolute atomic E-state index is 0.394. The SMILES string of the molecule is CC/C1=C/O/C=C2\C(=C3\CCCC4=C3N(CC4)C(C)C1)CN(C(=O)O)N2CCCBr. The van der Waals surface area contributed by atoms with Crippen LogP contribution in [0.2, 0.25) is 0 Å². The number of hydrogen-bond donors (Lipinski definition) is 1. The molecule has 1 aliphatic carbocycles. The van der Waals surface area contributed by atoms with Crippen molar-refractivity contribution in [1.29, 1.82) is 0 Å². The molecule has 164 valence electrons. The summed E-state index contributed by atoms with van der Waals surface area (Å²) in [5.74, 6) is 0. The first-order valence-electron chi connectivity index (χ1n) is 11.1. The van der Waals surface area contributed by atoms with Gasteiger partial charge in [0.15, 0.2) is 0 Å². The minimum Gasteiger partial charge on any atom is -0.470 e. The van der Waals surface area contributed by atoms with Crippen LogP contribution < -0.4 is 0 Å². The van der Waals surface area contributed by atoms with Crippen LogP contribution in [0.1, 0.15) is 58.8 Å². The second kappa shape index (κ2) is 9.08. The molecule has 3 aliphatic heterocycles. The molecule has 1 unspecified atom stereocenters. The fourth-order valence-corrected chi connectivity index (χ4v) is 5.47. The van der Waals surface area contributed by atoms with E-state index in [1.165, 1.54) is 21.9 Å². The Labute approximate surface area is 187 Å². The van der Waals surface area contributed by atoms with Gasteiger partial charge in [0.25, 0.3) is 0 Å². The molecule has 30 heavy (non-hydrogen) atoms. The molecular weight excluding hydrogens is 446 g/mol. The second-order valence-electron chi connectivity index (χ2n) is 8.53. The molecule has 0 aromatic rings. The van der Waals surface area contributed by atoms with Gasteiger partial charge in [0.05, 0.1) is 18.5 Å². The van der Waals surface area contributed by atoms with Gasteiger partial charge in [0, 0.05) is 35.7 Å². The van der Waals surface area contributed by atoms with Crippen molar-refractivity contribution in [1.82, 2.24) is 14.9 Å². The molecular formula is C23H32BrN3O3. The molecule has 0 aromatic heterocycles. The highest BCUT2D eigenvalue weighted by molar-refractivity contribution is 9.09. The molecule has 1 amide bonds. The van der Waals surface area contributed by atoms with Crippen LogP contribution >= 0.6 is 15.9 Å². The third-order valence-corrected chi connectivity index (χ3v) is 7.26. The first-order chi connectivity index (χ1) is 14.5. The topological polar surface area (TPSA) is 56.3 Å². The Morgan fingerprint density at radius 3 is 2.83 bits per heavy atom. The number of alkyl halides is 1. The summed E-state index contributed by atoms with van der Waals surface area (Å²) in [6.07, 6.45) is 9.98. The Hall–Kier alpha value is -1.89. The summed E-state index contributed by atoms with van der Waals surface area (Å²) in [7, 11) is 0. The van der Waals surface area contributed by atoms with E-state index in [2.05, 4.69) is 34.7 Å². The van der Waals surface area contributed by atoms with Crippen molar-refractivity contribution in [2.45, 2.75) is 64.8 Å². The monoisotopic (exact) mass is 477 g/mol. The van der Waals surface area contributed by atoms with E-state index in [-0.39, 0.29) is 0 Å². The maximum Gasteiger partial charge on any atom is 0.426 e. The number of amides is 1. The first-order valence-corrected chi connectivity index (χ1v) is 12.3. The van der Waals surface area contributed by atoms with Gasteiger partial charge in [-0.05, 0) is 68.6 Å². The Bertz CT molecular complexity index is 830. The molecule has 1 N–H and O–H groups in total. The molecule has 4 aliphatic rings. The predicted molar refractivity (Wildman–Crippen MR) is 121 cm³/mol. The number of rotatable bonds is 4. The standard InChI is InChI=1S/C23H32BrN3O3/c1-3-17-12-16(2)25-11-8-18-6-4-7-19(22(18)25)20-13-27(23(28)29)26(10-5-9-24)21(20)15-30-14-17/h14-16H,3-13H2,1-2H3,(H,28,29)/b17-14-,20-19-,21-15+. The second-order valence-corrected chi connectivity index (χ2v) is 9.33. The molecule has 7 heteroatoms. The molecule has 0 bridgehead atoms. The highest BCUT2D eigenvalue weighted by Crippen LogP contribution is 2.45. The van der Waals surface area contributed by atoms with Crippen LogP contribution in [0, 0.1) is 0 Å². The lowest BCUT2D eigenvalue weighted by Gasteiger charge is -2.33. The molecule has 3 heterocycles. The number of hydrazine groups is 1. The maximum atomic E-state index is 12.1. The van der Waals surface area contributed by atoms with Crippen molar-refractivity contribution >= 4 is 22.0 Å². The molecule has 0 saturated carbocycles. The number of allylic oxidation sites excluding steroid dienone is 1. The van der Waals surface area contributed by atoms with E-state index in [0.717, 1.165) is 68.1 Å². The van der Waals surface area contributed by atoms with Gasteiger partial charge in [-0.1, -0.05) is 22.9 Å². The molecule has 0 aromatic carbocycles. The molecule has 0 spiro atoms. The van der Waals surface area contributed by atoms with Crippen molar-refractivity contribution in [3.63, 3.8) is 0 Å². The normalized spacial score (nSPS) is 30.1. The van der Waals surface area contributed by atoms with E-state index < -0.39 is 6.09 Å². The summed E-state index contributed by atoms with van der Waals surface area (Å²) in [5, 5.41) is 14.1. The van der Waals surface area contributed by atoms with E-state index in [9.17, 15) is 9.90 Å². The lowest BCUT2D eigenvalue weighted by molar-refractivity contribution is 0.0481. The van der Waals surface area contributed by atoms with Gasteiger partial charge in [-0.15, -0.1) is 0 Å². The Kier molecular flexibility index (Phi) is 6.46. The van der Waals surface area contributed by atoms with Gasteiger partial charge in [-0.25, -0.2) is 9.80 Å². The highest BCUT2D eigenvalue weighted by Gasteiger charge is 2.39. The lowest BCUT2D eigenvalue weighted by Crippen LogP contribution is -2.40. The van der Waals surface area contributed by atoms with Gasteiger partial charge >= 0.3 is 6.09 Å². The summed E-state index contributed by atoms with van der Waals surface area (Å²) in [4.78, 5) is 14.7. The summed E-state index contributed by atoms with van der Waals surface area (Å²) in [5.41, 5.74) is 7.59. The van der Waals surface area contributed by atoms with Gasteiger partial charge in [0.1, 0.15) is 6.26 Å². The first kappa shape index (κ1) is 21.3. The fraction of sp³-hybridized carbons (Fsp3) is 0.609. The van der Waals surface area contributed by atoms with Gasteiger partial charge in [-0.3, -0.25) is 5.01 Å². The van der Waals surface area contributed by atoms with Crippen molar-refractivity contribution < 1.29 is 14.6 Å². The molecule has 0 radical (unpaired) electrons.